The highest BCUT2D eigenvalue weighted by Crippen LogP contribution is 2.31. The van der Waals surface area contributed by atoms with Crippen molar-refractivity contribution in [3.05, 3.63) is 36.0 Å². The Bertz CT molecular complexity index is 726. The molecule has 1 saturated carbocycles. The molecular weight excluding hydrogens is 302 g/mol. The van der Waals surface area contributed by atoms with Crippen LogP contribution in [0.25, 0.3) is 10.9 Å². The van der Waals surface area contributed by atoms with Crippen LogP contribution in [-0.2, 0) is 11.2 Å². The van der Waals surface area contributed by atoms with Crippen molar-refractivity contribution in [1.29, 1.82) is 0 Å². The molecule has 24 heavy (non-hydrogen) atoms. The molecule has 1 aliphatic rings. The number of rotatable bonds is 7. The van der Waals surface area contributed by atoms with E-state index in [0.717, 1.165) is 48.1 Å². The van der Waals surface area contributed by atoms with Crippen LogP contribution in [-0.4, -0.2) is 46.1 Å². The number of benzene rings is 1. The van der Waals surface area contributed by atoms with Crippen molar-refractivity contribution in [2.75, 3.05) is 18.4 Å². The molecule has 5 nitrogen and oxygen atoms in total. The first-order valence-electron chi connectivity index (χ1n) is 8.71. The van der Waals surface area contributed by atoms with E-state index >= 15 is 0 Å². The minimum atomic E-state index is -0.749. The van der Waals surface area contributed by atoms with Gasteiger partial charge in [0, 0.05) is 28.9 Å². The highest BCUT2D eigenvalue weighted by molar-refractivity contribution is 5.91. The highest BCUT2D eigenvalue weighted by atomic mass is 16.4. The van der Waals surface area contributed by atoms with Crippen LogP contribution < -0.4 is 5.32 Å². The minimum absolute atomic E-state index is 0.131. The normalized spacial score (nSPS) is 20.1. The summed E-state index contributed by atoms with van der Waals surface area (Å²) in [6, 6.07) is 11.1. The van der Waals surface area contributed by atoms with Gasteiger partial charge in [-0.25, -0.2) is 0 Å². The fourth-order valence-corrected chi connectivity index (χ4v) is 3.43. The third-order valence-electron chi connectivity index (χ3n) is 4.87. The van der Waals surface area contributed by atoms with Gasteiger partial charge >= 0.3 is 5.97 Å². The summed E-state index contributed by atoms with van der Waals surface area (Å²) in [6.45, 7) is 5.05. The molecule has 0 bridgehead atoms. The van der Waals surface area contributed by atoms with Crippen molar-refractivity contribution in [3.63, 3.8) is 0 Å². The lowest BCUT2D eigenvalue weighted by molar-refractivity contribution is -0.139. The summed E-state index contributed by atoms with van der Waals surface area (Å²) in [5.41, 5.74) is 3.26. The molecule has 0 aliphatic heterocycles. The molecule has 1 aliphatic carbocycles. The van der Waals surface area contributed by atoms with Crippen LogP contribution in [0, 0.1) is 0 Å². The number of nitrogens with one attached hydrogen (secondary N) is 1. The first kappa shape index (κ1) is 16.7. The van der Waals surface area contributed by atoms with Gasteiger partial charge in [0.1, 0.15) is 0 Å². The van der Waals surface area contributed by atoms with Gasteiger partial charge in [-0.1, -0.05) is 32.0 Å². The number of aryl methyl sites for hydroxylation is 1. The summed E-state index contributed by atoms with van der Waals surface area (Å²) in [4.78, 5) is 17.7. The number of carboxylic acids is 1. The number of likely N-dealkylation sites (N-methyl/N-ethyl adjacent to an activating group) is 1. The lowest BCUT2D eigenvalue weighted by Gasteiger charge is -2.42. The largest absolute Gasteiger partial charge is 0.480 e. The molecule has 0 amide bonds. The third-order valence-corrected chi connectivity index (χ3v) is 4.87. The first-order valence-corrected chi connectivity index (χ1v) is 8.71. The second-order valence-electron chi connectivity index (χ2n) is 6.46. The lowest BCUT2D eigenvalue weighted by Crippen LogP contribution is -2.51. The lowest BCUT2D eigenvalue weighted by atomic mass is 9.85. The van der Waals surface area contributed by atoms with E-state index in [4.69, 9.17) is 5.11 Å². The zero-order valence-corrected chi connectivity index (χ0v) is 14.3. The Morgan fingerprint density at radius 3 is 2.75 bits per heavy atom. The quantitative estimate of drug-likeness (QED) is 0.818. The third kappa shape index (κ3) is 3.51. The molecule has 3 rings (SSSR count). The van der Waals surface area contributed by atoms with Crippen LogP contribution in [0.5, 0.6) is 0 Å². The van der Waals surface area contributed by atoms with Gasteiger partial charge in [0.15, 0.2) is 0 Å². The number of pyridine rings is 1. The number of aliphatic carboxylic acids is 1. The molecular formula is C19H25N3O2. The molecule has 0 spiro atoms. The second kappa shape index (κ2) is 7.18. The van der Waals surface area contributed by atoms with Crippen LogP contribution in [0.2, 0.25) is 0 Å². The maximum atomic E-state index is 10.9. The highest BCUT2D eigenvalue weighted by Gasteiger charge is 2.33. The average molecular weight is 327 g/mol. The number of anilines is 1. The Morgan fingerprint density at radius 1 is 1.33 bits per heavy atom. The summed E-state index contributed by atoms with van der Waals surface area (Å²) < 4.78 is 0. The molecule has 128 valence electrons. The van der Waals surface area contributed by atoms with Crippen LogP contribution in [0.1, 0.15) is 32.4 Å². The maximum Gasteiger partial charge on any atom is 0.317 e. The SMILES string of the molecule is CCc1cc(NC2CC(N(CC)CC(=O)O)C2)c2ccccc2n1. The number of aromatic nitrogens is 1. The Hall–Kier alpha value is -2.14. The molecule has 0 atom stereocenters. The Kier molecular flexibility index (Phi) is 5.00. The van der Waals surface area contributed by atoms with Gasteiger partial charge in [0.25, 0.3) is 0 Å². The summed E-state index contributed by atoms with van der Waals surface area (Å²) in [7, 11) is 0. The van der Waals surface area contributed by atoms with Crippen LogP contribution in [0.3, 0.4) is 0 Å². The average Bonchev–Trinajstić information content (AvgIpc) is 2.55. The van der Waals surface area contributed by atoms with E-state index in [2.05, 4.69) is 35.4 Å². The summed E-state index contributed by atoms with van der Waals surface area (Å²) in [5, 5.41) is 13.8. The summed E-state index contributed by atoms with van der Waals surface area (Å²) in [6.07, 6.45) is 2.88. The Balaban J connectivity index is 1.70. The van der Waals surface area contributed by atoms with E-state index in [-0.39, 0.29) is 6.54 Å². The molecule has 1 aromatic heterocycles. The number of nitrogens with zero attached hydrogens (tertiary/aromatic N) is 2. The molecule has 2 N–H and O–H groups in total. The molecule has 5 heteroatoms. The predicted molar refractivity (Wildman–Crippen MR) is 96.4 cm³/mol. The molecule has 1 fully saturated rings. The zero-order valence-electron chi connectivity index (χ0n) is 14.3. The van der Waals surface area contributed by atoms with E-state index in [1.807, 2.05) is 24.0 Å². The number of hydrogen-bond acceptors (Lipinski definition) is 4. The number of para-hydroxylation sites is 1. The molecule has 1 aromatic carbocycles. The molecule has 0 saturated heterocycles. The van der Waals surface area contributed by atoms with Crippen molar-refractivity contribution >= 4 is 22.6 Å². The molecule has 2 aromatic rings. The number of hydrogen-bond donors (Lipinski definition) is 2. The van der Waals surface area contributed by atoms with E-state index < -0.39 is 5.97 Å². The minimum Gasteiger partial charge on any atom is -0.480 e. The van der Waals surface area contributed by atoms with E-state index in [1.54, 1.807) is 0 Å². The Labute approximate surface area is 142 Å². The first-order chi connectivity index (χ1) is 11.6. The van der Waals surface area contributed by atoms with Gasteiger partial charge < -0.3 is 10.4 Å². The number of carbonyl (C=O) groups is 1. The van der Waals surface area contributed by atoms with Gasteiger partial charge in [-0.3, -0.25) is 14.7 Å². The van der Waals surface area contributed by atoms with Gasteiger partial charge in [-0.15, -0.1) is 0 Å². The number of carboxylic acid groups (broad SMARTS) is 1. The van der Waals surface area contributed by atoms with Crippen molar-refractivity contribution in [2.24, 2.45) is 0 Å². The smallest absolute Gasteiger partial charge is 0.317 e. The molecule has 1 heterocycles. The van der Waals surface area contributed by atoms with Gasteiger partial charge in [0.2, 0.25) is 0 Å². The van der Waals surface area contributed by atoms with Crippen molar-refractivity contribution in [3.8, 4) is 0 Å². The van der Waals surface area contributed by atoms with Gasteiger partial charge in [-0.2, -0.15) is 0 Å². The predicted octanol–water partition coefficient (Wildman–Crippen LogP) is 3.15. The fourth-order valence-electron chi connectivity index (χ4n) is 3.43. The maximum absolute atomic E-state index is 10.9. The van der Waals surface area contributed by atoms with E-state index in [0.29, 0.717) is 12.1 Å². The molecule has 0 radical (unpaired) electrons. The monoisotopic (exact) mass is 327 g/mol. The standard InChI is InChI=1S/C19H25N3O2/c1-3-13-11-18(16-7-5-6-8-17(16)20-13)21-14-9-15(10-14)22(4-2)12-19(23)24/h5-8,11,14-15H,3-4,9-10,12H2,1-2H3,(H,20,21)(H,23,24). The van der Waals surface area contributed by atoms with Gasteiger partial charge in [-0.05, 0) is 37.9 Å². The second-order valence-corrected chi connectivity index (χ2v) is 6.46. The summed E-state index contributed by atoms with van der Waals surface area (Å²) in [5.74, 6) is -0.749. The Morgan fingerprint density at radius 2 is 2.08 bits per heavy atom. The van der Waals surface area contributed by atoms with Crippen molar-refractivity contribution in [1.82, 2.24) is 9.88 Å². The molecule has 0 unspecified atom stereocenters. The van der Waals surface area contributed by atoms with Crippen molar-refractivity contribution < 1.29 is 9.90 Å². The summed E-state index contributed by atoms with van der Waals surface area (Å²) >= 11 is 0. The van der Waals surface area contributed by atoms with Crippen molar-refractivity contribution in [2.45, 2.75) is 45.2 Å². The van der Waals surface area contributed by atoms with E-state index in [9.17, 15) is 4.79 Å². The van der Waals surface area contributed by atoms with E-state index in [1.165, 1.54) is 0 Å². The van der Waals surface area contributed by atoms with Crippen LogP contribution in [0.15, 0.2) is 30.3 Å². The van der Waals surface area contributed by atoms with Crippen LogP contribution >= 0.6 is 0 Å². The topological polar surface area (TPSA) is 65.5 Å². The van der Waals surface area contributed by atoms with Crippen LogP contribution in [0.4, 0.5) is 5.69 Å². The number of fused-ring (bicyclic) bond motifs is 1. The fraction of sp³-hybridized carbons (Fsp3) is 0.474. The van der Waals surface area contributed by atoms with Gasteiger partial charge in [0.05, 0.1) is 12.1 Å². The zero-order chi connectivity index (χ0) is 17.1.